The molecule has 4 aromatic rings. The molecule has 4 rings (SSSR count). The lowest BCUT2D eigenvalue weighted by molar-refractivity contribution is -0.140. The van der Waals surface area contributed by atoms with Gasteiger partial charge in [-0.1, -0.05) is 88.7 Å². The van der Waals surface area contributed by atoms with Crippen molar-refractivity contribution in [3.8, 4) is 0 Å². The topological polar surface area (TPSA) is 86.8 Å². The summed E-state index contributed by atoms with van der Waals surface area (Å²) >= 11 is 3.50. The van der Waals surface area contributed by atoms with Gasteiger partial charge in [0.15, 0.2) is 0 Å². The molecule has 9 heteroatoms. The number of nitrogens with zero attached hydrogens (tertiary/aromatic N) is 2. The summed E-state index contributed by atoms with van der Waals surface area (Å²) in [5.74, 6) is -0.800. The first-order chi connectivity index (χ1) is 20.6. The minimum atomic E-state index is -4.14. The van der Waals surface area contributed by atoms with E-state index >= 15 is 0 Å². The van der Waals surface area contributed by atoms with Gasteiger partial charge in [-0.25, -0.2) is 8.42 Å². The number of aryl methyl sites for hydroxylation is 1. The number of rotatable bonds is 12. The van der Waals surface area contributed by atoms with Crippen LogP contribution in [-0.4, -0.2) is 44.3 Å². The maximum absolute atomic E-state index is 14.5. The minimum absolute atomic E-state index is 0.0757. The number of anilines is 1. The molecule has 0 radical (unpaired) electrons. The monoisotopic (exact) mass is 661 g/mol. The van der Waals surface area contributed by atoms with Crippen molar-refractivity contribution in [2.24, 2.45) is 0 Å². The van der Waals surface area contributed by atoms with Crippen molar-refractivity contribution in [3.05, 3.63) is 130 Å². The van der Waals surface area contributed by atoms with Crippen LogP contribution in [0.3, 0.4) is 0 Å². The lowest BCUT2D eigenvalue weighted by Gasteiger charge is -2.34. The van der Waals surface area contributed by atoms with Crippen LogP contribution in [0.2, 0.25) is 0 Å². The van der Waals surface area contributed by atoms with E-state index in [0.717, 1.165) is 31.0 Å². The summed E-state index contributed by atoms with van der Waals surface area (Å²) in [5, 5.41) is 2.88. The molecule has 0 heterocycles. The Balaban J connectivity index is 1.82. The SMILES string of the molecule is CCNC(=O)C(Cc1ccccc1)N(Cc1cccc(Br)c1)C(=O)CN(c1cccc(C)c1C)S(=O)(=O)c1ccccc1. The Bertz CT molecular complexity index is 1660. The third kappa shape index (κ3) is 7.91. The Morgan fingerprint density at radius 2 is 1.47 bits per heavy atom. The lowest BCUT2D eigenvalue weighted by atomic mass is 10.0. The third-order valence-corrected chi connectivity index (χ3v) is 9.59. The number of nitrogens with one attached hydrogen (secondary N) is 1. The lowest BCUT2D eigenvalue weighted by Crippen LogP contribution is -2.53. The number of benzene rings is 4. The molecule has 0 spiro atoms. The summed E-state index contributed by atoms with van der Waals surface area (Å²) in [4.78, 5) is 29.6. The van der Waals surface area contributed by atoms with Crippen molar-refractivity contribution in [2.75, 3.05) is 17.4 Å². The maximum atomic E-state index is 14.5. The Morgan fingerprint density at radius 3 is 2.12 bits per heavy atom. The standard InChI is InChI=1S/C34H36BrN3O4S/c1-4-36-34(40)32(22-27-14-7-5-8-15-27)37(23-28-16-12-17-29(35)21-28)33(39)24-38(31-20-11-13-25(2)26(31)3)43(41,42)30-18-9-6-10-19-30/h5-21,32H,4,22-24H2,1-3H3,(H,36,40). The largest absolute Gasteiger partial charge is 0.355 e. The smallest absolute Gasteiger partial charge is 0.264 e. The molecule has 0 fully saturated rings. The van der Waals surface area contributed by atoms with Crippen LogP contribution < -0.4 is 9.62 Å². The number of hydrogen-bond acceptors (Lipinski definition) is 4. The van der Waals surface area contributed by atoms with E-state index in [9.17, 15) is 18.0 Å². The van der Waals surface area contributed by atoms with Crippen molar-refractivity contribution in [2.45, 2.75) is 44.7 Å². The van der Waals surface area contributed by atoms with E-state index in [2.05, 4.69) is 21.2 Å². The van der Waals surface area contributed by atoms with Crippen LogP contribution in [0.4, 0.5) is 5.69 Å². The molecule has 0 saturated heterocycles. The van der Waals surface area contributed by atoms with Gasteiger partial charge in [0.1, 0.15) is 12.6 Å². The number of amides is 2. The third-order valence-electron chi connectivity index (χ3n) is 7.32. The van der Waals surface area contributed by atoms with Gasteiger partial charge < -0.3 is 10.2 Å². The summed E-state index contributed by atoms with van der Waals surface area (Å²) in [6, 6.07) is 29.6. The highest BCUT2D eigenvalue weighted by Crippen LogP contribution is 2.29. The predicted octanol–water partition coefficient (Wildman–Crippen LogP) is 6.04. The van der Waals surface area contributed by atoms with E-state index in [1.807, 2.05) is 81.4 Å². The predicted molar refractivity (Wildman–Crippen MR) is 174 cm³/mol. The molecule has 0 aromatic heterocycles. The molecule has 1 N–H and O–H groups in total. The zero-order valence-electron chi connectivity index (χ0n) is 24.5. The van der Waals surface area contributed by atoms with Crippen LogP contribution in [0.5, 0.6) is 0 Å². The minimum Gasteiger partial charge on any atom is -0.355 e. The van der Waals surface area contributed by atoms with Gasteiger partial charge in [-0.3, -0.25) is 13.9 Å². The number of hydrogen-bond donors (Lipinski definition) is 1. The second-order valence-electron chi connectivity index (χ2n) is 10.3. The zero-order valence-corrected chi connectivity index (χ0v) is 26.9. The maximum Gasteiger partial charge on any atom is 0.264 e. The number of likely N-dealkylation sites (N-methyl/N-ethyl adjacent to an activating group) is 1. The first-order valence-electron chi connectivity index (χ1n) is 14.1. The Kier molecular flexibility index (Phi) is 10.8. The van der Waals surface area contributed by atoms with Gasteiger partial charge in [-0.15, -0.1) is 0 Å². The molecule has 43 heavy (non-hydrogen) atoms. The first kappa shape index (κ1) is 32.0. The average Bonchev–Trinajstić information content (AvgIpc) is 3.00. The molecular formula is C34H36BrN3O4S. The van der Waals surface area contributed by atoms with E-state index in [4.69, 9.17) is 0 Å². The molecule has 0 aliphatic heterocycles. The first-order valence-corrected chi connectivity index (χ1v) is 16.3. The molecular weight excluding hydrogens is 626 g/mol. The molecule has 4 aromatic carbocycles. The van der Waals surface area contributed by atoms with E-state index in [-0.39, 0.29) is 23.8 Å². The summed E-state index contributed by atoms with van der Waals surface area (Å²) < 4.78 is 30.2. The van der Waals surface area contributed by atoms with E-state index in [1.54, 1.807) is 30.3 Å². The van der Waals surface area contributed by atoms with E-state index < -0.39 is 28.5 Å². The Hall–Kier alpha value is -3.95. The molecule has 224 valence electrons. The van der Waals surface area contributed by atoms with Crippen LogP contribution in [0.15, 0.2) is 112 Å². The summed E-state index contributed by atoms with van der Waals surface area (Å²) in [7, 11) is -4.14. The number of halogens is 1. The molecule has 0 saturated carbocycles. The van der Waals surface area contributed by atoms with Crippen molar-refractivity contribution in [1.82, 2.24) is 10.2 Å². The molecule has 1 unspecified atom stereocenters. The number of carbonyl (C=O) groups excluding carboxylic acids is 2. The van der Waals surface area contributed by atoms with Gasteiger partial charge in [0.2, 0.25) is 11.8 Å². The quantitative estimate of drug-likeness (QED) is 0.201. The summed E-state index contributed by atoms with van der Waals surface area (Å²) in [6.45, 7) is 5.58. The Morgan fingerprint density at radius 1 is 0.837 bits per heavy atom. The Labute approximate surface area is 262 Å². The second-order valence-corrected chi connectivity index (χ2v) is 13.1. The van der Waals surface area contributed by atoms with Crippen LogP contribution in [-0.2, 0) is 32.6 Å². The summed E-state index contributed by atoms with van der Waals surface area (Å²) in [5.41, 5.74) is 3.74. The summed E-state index contributed by atoms with van der Waals surface area (Å²) in [6.07, 6.45) is 0.265. The highest BCUT2D eigenvalue weighted by atomic mass is 79.9. The molecule has 0 bridgehead atoms. The normalized spacial score (nSPS) is 11.9. The van der Waals surface area contributed by atoms with Crippen LogP contribution >= 0.6 is 15.9 Å². The van der Waals surface area contributed by atoms with Crippen LogP contribution in [0.1, 0.15) is 29.2 Å². The average molecular weight is 663 g/mol. The van der Waals surface area contributed by atoms with E-state index in [1.165, 1.54) is 17.0 Å². The zero-order chi connectivity index (χ0) is 31.0. The van der Waals surface area contributed by atoms with Crippen molar-refractivity contribution < 1.29 is 18.0 Å². The highest BCUT2D eigenvalue weighted by molar-refractivity contribution is 9.10. The highest BCUT2D eigenvalue weighted by Gasteiger charge is 2.35. The van der Waals surface area contributed by atoms with Gasteiger partial charge in [0, 0.05) is 24.0 Å². The molecule has 7 nitrogen and oxygen atoms in total. The number of carbonyl (C=O) groups is 2. The molecule has 1 atom stereocenters. The van der Waals surface area contributed by atoms with Crippen LogP contribution in [0, 0.1) is 13.8 Å². The van der Waals surface area contributed by atoms with Crippen molar-refractivity contribution in [1.29, 1.82) is 0 Å². The molecule has 2 amide bonds. The van der Waals surface area contributed by atoms with Crippen molar-refractivity contribution >= 4 is 43.5 Å². The van der Waals surface area contributed by atoms with Crippen LogP contribution in [0.25, 0.3) is 0 Å². The van der Waals surface area contributed by atoms with Gasteiger partial charge in [0.25, 0.3) is 10.0 Å². The second kappa shape index (κ2) is 14.5. The van der Waals surface area contributed by atoms with Gasteiger partial charge >= 0.3 is 0 Å². The van der Waals surface area contributed by atoms with Crippen molar-refractivity contribution in [3.63, 3.8) is 0 Å². The molecule has 0 aliphatic carbocycles. The number of sulfonamides is 1. The fourth-order valence-corrected chi connectivity index (χ4v) is 6.86. The van der Waals surface area contributed by atoms with Gasteiger partial charge in [-0.05, 0) is 73.4 Å². The molecule has 0 aliphatic rings. The van der Waals surface area contributed by atoms with Gasteiger partial charge in [0.05, 0.1) is 10.6 Å². The van der Waals surface area contributed by atoms with Gasteiger partial charge in [-0.2, -0.15) is 0 Å². The fraction of sp³-hybridized carbons (Fsp3) is 0.235. The van der Waals surface area contributed by atoms with E-state index in [0.29, 0.717) is 12.2 Å². The fourth-order valence-electron chi connectivity index (χ4n) is 4.92.